The van der Waals surface area contributed by atoms with Crippen molar-refractivity contribution in [1.29, 1.82) is 0 Å². The van der Waals surface area contributed by atoms with Crippen LogP contribution in [0.5, 0.6) is 0 Å². The molecule has 112 valence electrons. The SMILES string of the molecule is FC(F)(F)c1cccc(CNCc2ccc(Cl)cc2Br)c1. The maximum absolute atomic E-state index is 12.6. The normalized spacial score (nSPS) is 11.7. The van der Waals surface area contributed by atoms with E-state index in [1.165, 1.54) is 6.07 Å². The number of nitrogens with one attached hydrogen (secondary N) is 1. The van der Waals surface area contributed by atoms with E-state index >= 15 is 0 Å². The first-order chi connectivity index (χ1) is 9.86. The van der Waals surface area contributed by atoms with Crippen molar-refractivity contribution in [3.63, 3.8) is 0 Å². The number of rotatable bonds is 4. The zero-order chi connectivity index (χ0) is 15.5. The molecular weight excluding hydrogens is 367 g/mol. The van der Waals surface area contributed by atoms with Crippen LogP contribution in [0.25, 0.3) is 0 Å². The van der Waals surface area contributed by atoms with Crippen LogP contribution in [-0.2, 0) is 19.3 Å². The van der Waals surface area contributed by atoms with Gasteiger partial charge in [-0.1, -0.05) is 51.8 Å². The minimum atomic E-state index is -4.31. The van der Waals surface area contributed by atoms with Gasteiger partial charge >= 0.3 is 6.18 Å². The molecule has 2 aromatic carbocycles. The van der Waals surface area contributed by atoms with Crippen LogP contribution in [0.4, 0.5) is 13.2 Å². The van der Waals surface area contributed by atoms with Gasteiger partial charge in [-0.05, 0) is 29.3 Å². The Morgan fingerprint density at radius 1 is 1.05 bits per heavy atom. The number of hydrogen-bond donors (Lipinski definition) is 1. The van der Waals surface area contributed by atoms with Crippen LogP contribution in [0.3, 0.4) is 0 Å². The van der Waals surface area contributed by atoms with E-state index in [0.717, 1.165) is 22.2 Å². The maximum atomic E-state index is 12.6. The maximum Gasteiger partial charge on any atom is 0.416 e. The monoisotopic (exact) mass is 377 g/mol. The van der Waals surface area contributed by atoms with Crippen LogP contribution in [-0.4, -0.2) is 0 Å². The van der Waals surface area contributed by atoms with E-state index in [0.29, 0.717) is 23.7 Å². The molecule has 2 rings (SSSR count). The molecule has 0 saturated carbocycles. The summed E-state index contributed by atoms with van der Waals surface area (Å²) in [4.78, 5) is 0. The first-order valence-corrected chi connectivity index (χ1v) is 7.34. The van der Waals surface area contributed by atoms with Crippen molar-refractivity contribution in [2.45, 2.75) is 19.3 Å². The summed E-state index contributed by atoms with van der Waals surface area (Å²) in [5.74, 6) is 0. The molecule has 0 aliphatic heterocycles. The summed E-state index contributed by atoms with van der Waals surface area (Å²) in [7, 11) is 0. The van der Waals surface area contributed by atoms with Gasteiger partial charge < -0.3 is 5.32 Å². The fourth-order valence-electron chi connectivity index (χ4n) is 1.86. The van der Waals surface area contributed by atoms with Crippen LogP contribution in [0.1, 0.15) is 16.7 Å². The Labute approximate surface area is 134 Å². The third kappa shape index (κ3) is 4.73. The summed E-state index contributed by atoms with van der Waals surface area (Å²) in [6.45, 7) is 0.896. The van der Waals surface area contributed by atoms with Crippen molar-refractivity contribution in [3.05, 3.63) is 68.7 Å². The first-order valence-electron chi connectivity index (χ1n) is 6.17. The van der Waals surface area contributed by atoms with Gasteiger partial charge in [0, 0.05) is 22.6 Å². The zero-order valence-corrected chi connectivity index (χ0v) is 13.2. The molecule has 0 saturated heterocycles. The lowest BCUT2D eigenvalue weighted by molar-refractivity contribution is -0.137. The fraction of sp³-hybridized carbons (Fsp3) is 0.200. The minimum absolute atomic E-state index is 0.360. The highest BCUT2D eigenvalue weighted by molar-refractivity contribution is 9.10. The predicted molar refractivity (Wildman–Crippen MR) is 81.1 cm³/mol. The topological polar surface area (TPSA) is 12.0 Å². The lowest BCUT2D eigenvalue weighted by atomic mass is 10.1. The highest BCUT2D eigenvalue weighted by Gasteiger charge is 2.30. The van der Waals surface area contributed by atoms with Crippen molar-refractivity contribution in [1.82, 2.24) is 5.32 Å². The molecule has 0 spiro atoms. The van der Waals surface area contributed by atoms with Crippen molar-refractivity contribution >= 4 is 27.5 Å². The Morgan fingerprint density at radius 3 is 2.48 bits per heavy atom. The van der Waals surface area contributed by atoms with Gasteiger partial charge in [0.15, 0.2) is 0 Å². The van der Waals surface area contributed by atoms with Crippen LogP contribution in [0, 0.1) is 0 Å². The van der Waals surface area contributed by atoms with E-state index in [-0.39, 0.29) is 0 Å². The van der Waals surface area contributed by atoms with E-state index < -0.39 is 11.7 Å². The Balaban J connectivity index is 1.97. The summed E-state index contributed by atoms with van der Waals surface area (Å²) in [5.41, 5.74) is 0.954. The van der Waals surface area contributed by atoms with Crippen molar-refractivity contribution in [2.24, 2.45) is 0 Å². The van der Waals surface area contributed by atoms with Crippen LogP contribution in [0.15, 0.2) is 46.9 Å². The quantitative estimate of drug-likeness (QED) is 0.750. The molecule has 1 nitrogen and oxygen atoms in total. The number of halogens is 5. The van der Waals surface area contributed by atoms with E-state index in [4.69, 9.17) is 11.6 Å². The highest BCUT2D eigenvalue weighted by atomic mass is 79.9. The molecule has 0 fully saturated rings. The number of hydrogen-bond acceptors (Lipinski definition) is 1. The highest BCUT2D eigenvalue weighted by Crippen LogP contribution is 2.29. The average molecular weight is 379 g/mol. The second-order valence-electron chi connectivity index (χ2n) is 4.54. The van der Waals surface area contributed by atoms with Crippen molar-refractivity contribution in [2.75, 3.05) is 0 Å². The zero-order valence-electron chi connectivity index (χ0n) is 10.8. The molecule has 6 heteroatoms. The predicted octanol–water partition coefficient (Wildman–Crippen LogP) is 5.41. The third-order valence-corrected chi connectivity index (χ3v) is 3.89. The molecular formula is C15H12BrClF3N. The molecule has 0 bridgehead atoms. The Morgan fingerprint density at radius 2 is 1.81 bits per heavy atom. The molecule has 0 atom stereocenters. The summed E-state index contributed by atoms with van der Waals surface area (Å²) in [5, 5.41) is 3.74. The third-order valence-electron chi connectivity index (χ3n) is 2.91. The van der Waals surface area contributed by atoms with Crippen LogP contribution >= 0.6 is 27.5 Å². The van der Waals surface area contributed by atoms with Gasteiger partial charge in [-0.2, -0.15) is 13.2 Å². The standard InChI is InChI=1S/C15H12BrClF3N/c16-14-7-13(17)5-4-11(14)9-21-8-10-2-1-3-12(6-10)15(18,19)20/h1-7,21H,8-9H2. The second kappa shape index (κ2) is 6.81. The number of alkyl halides is 3. The minimum Gasteiger partial charge on any atom is -0.309 e. The lowest BCUT2D eigenvalue weighted by Gasteiger charge is -2.10. The van der Waals surface area contributed by atoms with Gasteiger partial charge in [-0.15, -0.1) is 0 Å². The first kappa shape index (κ1) is 16.3. The smallest absolute Gasteiger partial charge is 0.309 e. The van der Waals surface area contributed by atoms with E-state index in [2.05, 4.69) is 21.2 Å². The van der Waals surface area contributed by atoms with Gasteiger partial charge in [-0.3, -0.25) is 0 Å². The molecule has 0 aromatic heterocycles. The molecule has 2 aromatic rings. The van der Waals surface area contributed by atoms with Gasteiger partial charge in [0.1, 0.15) is 0 Å². The molecule has 0 unspecified atom stereocenters. The average Bonchev–Trinajstić information content (AvgIpc) is 2.41. The van der Waals surface area contributed by atoms with Crippen molar-refractivity contribution < 1.29 is 13.2 Å². The molecule has 0 amide bonds. The Hall–Kier alpha value is -1.04. The van der Waals surface area contributed by atoms with Gasteiger partial charge in [-0.25, -0.2) is 0 Å². The largest absolute Gasteiger partial charge is 0.416 e. The van der Waals surface area contributed by atoms with Crippen LogP contribution in [0.2, 0.25) is 5.02 Å². The molecule has 1 N–H and O–H groups in total. The molecule has 0 aliphatic rings. The Kier molecular flexibility index (Phi) is 5.30. The summed E-state index contributed by atoms with van der Waals surface area (Å²) >= 11 is 9.25. The summed E-state index contributed by atoms with van der Waals surface area (Å²) in [6, 6.07) is 10.7. The van der Waals surface area contributed by atoms with Gasteiger partial charge in [0.2, 0.25) is 0 Å². The second-order valence-corrected chi connectivity index (χ2v) is 5.83. The molecule has 0 heterocycles. The van der Waals surface area contributed by atoms with Crippen molar-refractivity contribution in [3.8, 4) is 0 Å². The molecule has 0 radical (unpaired) electrons. The van der Waals surface area contributed by atoms with E-state index in [9.17, 15) is 13.2 Å². The van der Waals surface area contributed by atoms with Crippen LogP contribution < -0.4 is 5.32 Å². The summed E-state index contributed by atoms with van der Waals surface area (Å²) < 4.78 is 38.7. The van der Waals surface area contributed by atoms with Gasteiger partial charge in [0.05, 0.1) is 5.56 Å². The fourth-order valence-corrected chi connectivity index (χ4v) is 2.69. The molecule has 21 heavy (non-hydrogen) atoms. The lowest BCUT2D eigenvalue weighted by Crippen LogP contribution is -2.14. The van der Waals surface area contributed by atoms with E-state index in [1.54, 1.807) is 18.2 Å². The van der Waals surface area contributed by atoms with Gasteiger partial charge in [0.25, 0.3) is 0 Å². The van der Waals surface area contributed by atoms with E-state index in [1.807, 2.05) is 6.07 Å². The Bertz CT molecular complexity index is 629. The number of benzene rings is 2. The summed E-state index contributed by atoms with van der Waals surface area (Å²) in [6.07, 6.45) is -4.31. The molecule has 0 aliphatic carbocycles.